The molecule has 1 aliphatic heterocycles. The third-order valence-corrected chi connectivity index (χ3v) is 2.67. The molecule has 0 aromatic heterocycles. The molecule has 0 bridgehead atoms. The molecule has 1 heteroatoms. The van der Waals surface area contributed by atoms with Crippen molar-refractivity contribution in [1.82, 2.24) is 0 Å². The molecule has 1 rings (SSSR count). The standard InChI is InChI=1S/C6H11P/c1-6-3-2-4-7-5-6/h3,7H,2,4-5H2,1H3. The summed E-state index contributed by atoms with van der Waals surface area (Å²) in [5.41, 5.74) is 1.60. The van der Waals surface area contributed by atoms with E-state index in [1.165, 1.54) is 27.3 Å². The van der Waals surface area contributed by atoms with Gasteiger partial charge in [-0.05, 0) is 25.7 Å². The van der Waals surface area contributed by atoms with Gasteiger partial charge in [0.2, 0.25) is 0 Å². The maximum atomic E-state index is 2.36. The van der Waals surface area contributed by atoms with Crippen LogP contribution in [0.4, 0.5) is 0 Å². The van der Waals surface area contributed by atoms with Crippen LogP contribution < -0.4 is 0 Å². The molecule has 1 aliphatic rings. The largest absolute Gasteiger partial charge is 0.118 e. The highest BCUT2D eigenvalue weighted by Crippen LogP contribution is 2.21. The van der Waals surface area contributed by atoms with Gasteiger partial charge in [0.05, 0.1) is 0 Å². The summed E-state index contributed by atoms with van der Waals surface area (Å²) in [7, 11) is 1.21. The van der Waals surface area contributed by atoms with Crippen molar-refractivity contribution in [3.05, 3.63) is 11.6 Å². The summed E-state index contributed by atoms with van der Waals surface area (Å²) in [5, 5.41) is 0. The number of rotatable bonds is 0. The van der Waals surface area contributed by atoms with Crippen LogP contribution in [-0.2, 0) is 0 Å². The average molecular weight is 114 g/mol. The summed E-state index contributed by atoms with van der Waals surface area (Å²) in [6.45, 7) is 2.23. The molecule has 0 saturated carbocycles. The van der Waals surface area contributed by atoms with Crippen LogP contribution in [0.25, 0.3) is 0 Å². The Hall–Kier alpha value is 0.170. The second kappa shape index (κ2) is 2.47. The van der Waals surface area contributed by atoms with E-state index in [2.05, 4.69) is 13.0 Å². The molecule has 0 radical (unpaired) electrons. The predicted molar refractivity (Wildman–Crippen MR) is 36.4 cm³/mol. The third-order valence-electron chi connectivity index (χ3n) is 1.22. The zero-order chi connectivity index (χ0) is 5.11. The van der Waals surface area contributed by atoms with Gasteiger partial charge >= 0.3 is 0 Å². The van der Waals surface area contributed by atoms with Crippen molar-refractivity contribution in [3.63, 3.8) is 0 Å². The molecule has 1 atom stereocenters. The lowest BCUT2D eigenvalue weighted by molar-refractivity contribution is 1.15. The van der Waals surface area contributed by atoms with Crippen LogP contribution in [0.3, 0.4) is 0 Å². The minimum atomic E-state index is 1.21. The summed E-state index contributed by atoms with van der Waals surface area (Å²) < 4.78 is 0. The fourth-order valence-corrected chi connectivity index (χ4v) is 1.84. The summed E-state index contributed by atoms with van der Waals surface area (Å²) in [5.74, 6) is 0. The van der Waals surface area contributed by atoms with E-state index in [1.54, 1.807) is 5.57 Å². The topological polar surface area (TPSA) is 0 Å². The molecule has 1 unspecified atom stereocenters. The third kappa shape index (κ3) is 1.61. The Kier molecular flexibility index (Phi) is 1.87. The maximum absolute atomic E-state index is 2.36. The molecule has 1 heterocycles. The zero-order valence-corrected chi connectivity index (χ0v) is 5.70. The highest BCUT2D eigenvalue weighted by molar-refractivity contribution is 7.38. The van der Waals surface area contributed by atoms with E-state index in [-0.39, 0.29) is 0 Å². The van der Waals surface area contributed by atoms with Gasteiger partial charge in [-0.2, -0.15) is 0 Å². The minimum absolute atomic E-state index is 1.21. The van der Waals surface area contributed by atoms with Crippen molar-refractivity contribution in [2.45, 2.75) is 13.3 Å². The van der Waals surface area contributed by atoms with Gasteiger partial charge in [-0.25, -0.2) is 0 Å². The Morgan fingerprint density at radius 3 is 2.86 bits per heavy atom. The molecule has 0 fully saturated rings. The monoisotopic (exact) mass is 114 g/mol. The summed E-state index contributed by atoms with van der Waals surface area (Å²) in [4.78, 5) is 0. The van der Waals surface area contributed by atoms with Crippen LogP contribution in [-0.4, -0.2) is 12.3 Å². The number of hydrogen-bond donors (Lipinski definition) is 0. The molecule has 0 N–H and O–H groups in total. The molecule has 0 amide bonds. The molecular formula is C6H11P. The second-order valence-electron chi connectivity index (χ2n) is 2.02. The highest BCUT2D eigenvalue weighted by atomic mass is 31.1. The molecule has 7 heavy (non-hydrogen) atoms. The Labute approximate surface area is 46.8 Å². The van der Waals surface area contributed by atoms with Crippen molar-refractivity contribution in [1.29, 1.82) is 0 Å². The maximum Gasteiger partial charge on any atom is -0.0145 e. The first-order valence-electron chi connectivity index (χ1n) is 2.76. The lowest BCUT2D eigenvalue weighted by Crippen LogP contribution is -1.88. The van der Waals surface area contributed by atoms with Gasteiger partial charge < -0.3 is 0 Å². The lowest BCUT2D eigenvalue weighted by atomic mass is 10.3. The Morgan fingerprint density at radius 2 is 2.57 bits per heavy atom. The van der Waals surface area contributed by atoms with Gasteiger partial charge in [0.25, 0.3) is 0 Å². The van der Waals surface area contributed by atoms with Gasteiger partial charge in [0.15, 0.2) is 0 Å². The van der Waals surface area contributed by atoms with Gasteiger partial charge in [0, 0.05) is 0 Å². The minimum Gasteiger partial charge on any atom is -0.118 e. The van der Waals surface area contributed by atoms with Crippen LogP contribution in [0, 0.1) is 0 Å². The molecule has 0 nitrogen and oxygen atoms in total. The lowest BCUT2D eigenvalue weighted by Gasteiger charge is -2.05. The summed E-state index contributed by atoms with van der Waals surface area (Å²) >= 11 is 0. The van der Waals surface area contributed by atoms with Gasteiger partial charge in [-0.3, -0.25) is 0 Å². The second-order valence-corrected chi connectivity index (χ2v) is 3.37. The van der Waals surface area contributed by atoms with Gasteiger partial charge in [-0.1, -0.05) is 11.6 Å². The average Bonchev–Trinajstić information content (AvgIpc) is 1.69. The van der Waals surface area contributed by atoms with Crippen molar-refractivity contribution >= 4 is 8.58 Å². The first-order chi connectivity index (χ1) is 3.39. The van der Waals surface area contributed by atoms with Crippen molar-refractivity contribution in [3.8, 4) is 0 Å². The quantitative estimate of drug-likeness (QED) is 0.334. The van der Waals surface area contributed by atoms with E-state index in [0.29, 0.717) is 0 Å². The predicted octanol–water partition coefficient (Wildman–Crippen LogP) is 2.01. The van der Waals surface area contributed by atoms with Crippen molar-refractivity contribution in [2.24, 2.45) is 0 Å². The fraction of sp³-hybridized carbons (Fsp3) is 0.667. The van der Waals surface area contributed by atoms with E-state index in [4.69, 9.17) is 0 Å². The number of allylic oxidation sites excluding steroid dienone is 2. The molecular weight excluding hydrogens is 103 g/mol. The molecule has 0 aromatic carbocycles. The van der Waals surface area contributed by atoms with Gasteiger partial charge in [0.1, 0.15) is 0 Å². The van der Waals surface area contributed by atoms with E-state index >= 15 is 0 Å². The first kappa shape index (κ1) is 5.31. The van der Waals surface area contributed by atoms with E-state index < -0.39 is 0 Å². The van der Waals surface area contributed by atoms with Crippen molar-refractivity contribution < 1.29 is 0 Å². The van der Waals surface area contributed by atoms with Gasteiger partial charge in [-0.15, -0.1) is 8.58 Å². The molecule has 40 valence electrons. The van der Waals surface area contributed by atoms with Crippen LogP contribution in [0.2, 0.25) is 0 Å². The van der Waals surface area contributed by atoms with Crippen LogP contribution >= 0.6 is 8.58 Å². The van der Waals surface area contributed by atoms with Crippen LogP contribution in [0.1, 0.15) is 13.3 Å². The van der Waals surface area contributed by atoms with Crippen molar-refractivity contribution in [2.75, 3.05) is 12.3 Å². The van der Waals surface area contributed by atoms with Crippen LogP contribution in [0.15, 0.2) is 11.6 Å². The molecule has 0 aliphatic carbocycles. The normalized spacial score (nSPS) is 25.0. The fourth-order valence-electron chi connectivity index (χ4n) is 0.778. The Morgan fingerprint density at radius 1 is 1.71 bits per heavy atom. The van der Waals surface area contributed by atoms with E-state index in [0.717, 1.165) is 0 Å². The van der Waals surface area contributed by atoms with E-state index in [9.17, 15) is 0 Å². The highest BCUT2D eigenvalue weighted by Gasteiger charge is 1.94. The molecule has 0 aromatic rings. The Bertz CT molecular complexity index is 84.2. The summed E-state index contributed by atoms with van der Waals surface area (Å²) in [6, 6.07) is 0. The first-order valence-corrected chi connectivity index (χ1v) is 4.17. The summed E-state index contributed by atoms with van der Waals surface area (Å²) in [6.07, 6.45) is 6.51. The molecule has 0 saturated heterocycles. The smallest absolute Gasteiger partial charge is 0.0145 e. The van der Waals surface area contributed by atoms with Crippen LogP contribution in [0.5, 0.6) is 0 Å². The SMILES string of the molecule is CC1=CCCPC1. The van der Waals surface area contributed by atoms with E-state index in [1.807, 2.05) is 0 Å². The zero-order valence-electron chi connectivity index (χ0n) is 4.70. The number of hydrogen-bond acceptors (Lipinski definition) is 0. The Balaban J connectivity index is 2.40. The molecule has 0 spiro atoms.